The fourth-order valence-corrected chi connectivity index (χ4v) is 5.89. The Bertz CT molecular complexity index is 1300. The van der Waals surface area contributed by atoms with Crippen molar-refractivity contribution >= 4 is 37.6 Å². The Morgan fingerprint density at radius 2 is 1.94 bits per heavy atom. The first kappa shape index (κ1) is 22.2. The fraction of sp³-hybridized carbons (Fsp3) is 0.423. The standard InChI is InChI=1S/C26H30N4O2S/c1-16(2)21-19-14-32-26(3,4)12-18(19)20-22-23(33-25(20)29-21)24(28-15-27-22)30(10-11-31)13-17-8-6-5-7-9-17/h5-9,15-16,31H,10-14H2,1-4H3. The van der Waals surface area contributed by atoms with Gasteiger partial charge in [0.1, 0.15) is 11.2 Å². The quantitative estimate of drug-likeness (QED) is 0.424. The zero-order chi connectivity index (χ0) is 23.2. The number of benzene rings is 1. The third-order valence-electron chi connectivity index (χ3n) is 6.27. The van der Waals surface area contributed by atoms with Gasteiger partial charge in [0.25, 0.3) is 0 Å². The maximum absolute atomic E-state index is 9.79. The summed E-state index contributed by atoms with van der Waals surface area (Å²) in [5, 5.41) is 10.9. The van der Waals surface area contributed by atoms with Crippen LogP contribution >= 0.6 is 11.3 Å². The lowest BCUT2D eigenvalue weighted by Crippen LogP contribution is -2.33. The van der Waals surface area contributed by atoms with Crippen LogP contribution in [0.1, 0.15) is 56.0 Å². The molecule has 0 aliphatic carbocycles. The second-order valence-corrected chi connectivity index (χ2v) is 10.6. The number of aliphatic hydroxyl groups is 1. The molecule has 0 atom stereocenters. The van der Waals surface area contributed by atoms with Gasteiger partial charge in [-0.3, -0.25) is 0 Å². The second-order valence-electron chi connectivity index (χ2n) is 9.62. The maximum Gasteiger partial charge on any atom is 0.150 e. The molecule has 0 fully saturated rings. The van der Waals surface area contributed by atoms with Crippen molar-refractivity contribution in [2.45, 2.75) is 58.8 Å². The van der Waals surface area contributed by atoms with Crippen LogP contribution in [0.4, 0.5) is 5.82 Å². The van der Waals surface area contributed by atoms with Gasteiger partial charge in [0.05, 0.1) is 34.7 Å². The minimum atomic E-state index is -0.226. The average Bonchev–Trinajstić information content (AvgIpc) is 3.17. The summed E-state index contributed by atoms with van der Waals surface area (Å²) in [4.78, 5) is 17.7. The Labute approximate surface area is 198 Å². The molecule has 4 aromatic rings. The van der Waals surface area contributed by atoms with Crippen LogP contribution in [0, 0.1) is 0 Å². The summed E-state index contributed by atoms with van der Waals surface area (Å²) < 4.78 is 7.20. The van der Waals surface area contributed by atoms with Crippen molar-refractivity contribution in [1.29, 1.82) is 0 Å². The molecule has 6 nitrogen and oxygen atoms in total. The van der Waals surface area contributed by atoms with E-state index in [4.69, 9.17) is 14.7 Å². The molecule has 0 spiro atoms. The molecule has 1 aliphatic heterocycles. The van der Waals surface area contributed by atoms with Gasteiger partial charge in [-0.15, -0.1) is 11.3 Å². The smallest absolute Gasteiger partial charge is 0.150 e. The minimum absolute atomic E-state index is 0.0555. The molecular weight excluding hydrogens is 432 g/mol. The van der Waals surface area contributed by atoms with Crippen LogP contribution in [0.15, 0.2) is 36.7 Å². The maximum atomic E-state index is 9.79. The van der Waals surface area contributed by atoms with Crippen molar-refractivity contribution in [2.75, 3.05) is 18.1 Å². The van der Waals surface area contributed by atoms with Gasteiger partial charge in [-0.25, -0.2) is 15.0 Å². The number of aromatic nitrogens is 3. The number of nitrogens with zero attached hydrogens (tertiary/aromatic N) is 4. The predicted octanol–water partition coefficient (Wildman–Crippen LogP) is 5.21. The second kappa shape index (κ2) is 8.63. The normalized spacial score (nSPS) is 15.3. The Morgan fingerprint density at radius 1 is 1.15 bits per heavy atom. The summed E-state index contributed by atoms with van der Waals surface area (Å²) in [7, 11) is 0. The van der Waals surface area contributed by atoms with Gasteiger partial charge in [-0.2, -0.15) is 0 Å². The van der Waals surface area contributed by atoms with Crippen molar-refractivity contribution in [3.63, 3.8) is 0 Å². The molecule has 5 rings (SSSR count). The summed E-state index contributed by atoms with van der Waals surface area (Å²) in [5.41, 5.74) is 5.55. The van der Waals surface area contributed by atoms with Crippen LogP contribution in [-0.2, 0) is 24.3 Å². The van der Waals surface area contributed by atoms with Gasteiger partial charge in [-0.05, 0) is 30.9 Å². The van der Waals surface area contributed by atoms with Crippen LogP contribution in [0.3, 0.4) is 0 Å². The van der Waals surface area contributed by atoms with Gasteiger partial charge in [0.15, 0.2) is 5.82 Å². The molecule has 7 heteroatoms. The third kappa shape index (κ3) is 4.09. The van der Waals surface area contributed by atoms with Crippen LogP contribution in [0.25, 0.3) is 20.4 Å². The average molecular weight is 463 g/mol. The van der Waals surface area contributed by atoms with E-state index >= 15 is 0 Å². The SMILES string of the molecule is CC(C)c1nc2sc3c(N(CCO)Cc4ccccc4)ncnc3c2c2c1COC(C)(C)C2. The number of hydrogen-bond acceptors (Lipinski definition) is 7. The lowest BCUT2D eigenvalue weighted by Gasteiger charge is -2.33. The van der Waals surface area contributed by atoms with E-state index in [1.54, 1.807) is 17.7 Å². The van der Waals surface area contributed by atoms with Gasteiger partial charge in [0, 0.05) is 30.5 Å². The van der Waals surface area contributed by atoms with Crippen LogP contribution in [-0.4, -0.2) is 38.8 Å². The van der Waals surface area contributed by atoms with Crippen molar-refractivity contribution in [3.8, 4) is 0 Å². The number of rotatable bonds is 6. The van der Waals surface area contributed by atoms with Gasteiger partial charge in [0.2, 0.25) is 0 Å². The number of fused-ring (bicyclic) bond motifs is 5. The molecule has 4 heterocycles. The first-order chi connectivity index (χ1) is 15.9. The largest absolute Gasteiger partial charge is 0.395 e. The molecule has 0 amide bonds. The van der Waals surface area contributed by atoms with Crippen molar-refractivity contribution in [1.82, 2.24) is 15.0 Å². The molecule has 0 unspecified atom stereocenters. The van der Waals surface area contributed by atoms with Crippen molar-refractivity contribution in [3.05, 3.63) is 59.0 Å². The molecule has 1 aromatic carbocycles. The van der Waals surface area contributed by atoms with E-state index < -0.39 is 0 Å². The van der Waals surface area contributed by atoms with E-state index in [2.05, 4.69) is 49.7 Å². The summed E-state index contributed by atoms with van der Waals surface area (Å²) in [6.07, 6.45) is 2.48. The summed E-state index contributed by atoms with van der Waals surface area (Å²) >= 11 is 1.66. The number of pyridine rings is 1. The molecule has 1 N–H and O–H groups in total. The van der Waals surface area contributed by atoms with Crippen LogP contribution in [0.5, 0.6) is 0 Å². The number of ether oxygens (including phenoxy) is 1. The van der Waals surface area contributed by atoms with Crippen LogP contribution in [0.2, 0.25) is 0 Å². The molecule has 172 valence electrons. The Kier molecular flexibility index (Phi) is 5.80. The fourth-order valence-electron chi connectivity index (χ4n) is 4.71. The number of thiophene rings is 1. The van der Waals surface area contributed by atoms with Crippen molar-refractivity contribution < 1.29 is 9.84 Å². The van der Waals surface area contributed by atoms with Gasteiger partial charge >= 0.3 is 0 Å². The summed E-state index contributed by atoms with van der Waals surface area (Å²) in [5.74, 6) is 1.17. The number of anilines is 1. The molecule has 0 radical (unpaired) electrons. The van der Waals surface area contributed by atoms with E-state index in [0.29, 0.717) is 25.6 Å². The highest BCUT2D eigenvalue weighted by atomic mass is 32.1. The predicted molar refractivity (Wildman–Crippen MR) is 134 cm³/mol. The molecule has 0 saturated carbocycles. The number of aliphatic hydroxyl groups excluding tert-OH is 1. The summed E-state index contributed by atoms with van der Waals surface area (Å²) in [6.45, 7) is 10.5. The van der Waals surface area contributed by atoms with Crippen molar-refractivity contribution in [2.24, 2.45) is 0 Å². The zero-order valence-corrected chi connectivity index (χ0v) is 20.4. The monoisotopic (exact) mass is 462 g/mol. The highest BCUT2D eigenvalue weighted by Crippen LogP contribution is 2.43. The lowest BCUT2D eigenvalue weighted by molar-refractivity contribution is -0.0402. The highest BCUT2D eigenvalue weighted by Gasteiger charge is 2.32. The van der Waals surface area contributed by atoms with E-state index in [9.17, 15) is 5.11 Å². The molecule has 0 saturated heterocycles. The Balaban J connectivity index is 1.72. The Hall–Kier alpha value is -2.61. The Morgan fingerprint density at radius 3 is 2.67 bits per heavy atom. The topological polar surface area (TPSA) is 71.4 Å². The highest BCUT2D eigenvalue weighted by molar-refractivity contribution is 7.26. The van der Waals surface area contributed by atoms with E-state index in [1.165, 1.54) is 16.7 Å². The van der Waals surface area contributed by atoms with E-state index in [0.717, 1.165) is 38.4 Å². The number of hydrogen-bond donors (Lipinski definition) is 1. The lowest BCUT2D eigenvalue weighted by atomic mass is 9.87. The molecule has 1 aliphatic rings. The first-order valence-electron chi connectivity index (χ1n) is 11.5. The molecule has 3 aromatic heterocycles. The summed E-state index contributed by atoms with van der Waals surface area (Å²) in [6, 6.07) is 10.3. The molecule has 33 heavy (non-hydrogen) atoms. The van der Waals surface area contributed by atoms with E-state index in [-0.39, 0.29) is 12.2 Å². The zero-order valence-electron chi connectivity index (χ0n) is 19.6. The van der Waals surface area contributed by atoms with E-state index in [1.807, 2.05) is 18.2 Å². The van der Waals surface area contributed by atoms with Crippen LogP contribution < -0.4 is 4.90 Å². The van der Waals surface area contributed by atoms with Gasteiger partial charge in [-0.1, -0.05) is 44.2 Å². The molecule has 0 bridgehead atoms. The van der Waals surface area contributed by atoms with Gasteiger partial charge < -0.3 is 14.7 Å². The minimum Gasteiger partial charge on any atom is -0.395 e. The molecular formula is C26H30N4O2S. The first-order valence-corrected chi connectivity index (χ1v) is 12.3. The third-order valence-corrected chi connectivity index (χ3v) is 7.34.